The molecule has 0 N–H and O–H groups in total. The van der Waals surface area contributed by atoms with Crippen LogP contribution in [0, 0.1) is 19.8 Å². The van der Waals surface area contributed by atoms with E-state index >= 15 is 0 Å². The minimum Gasteiger partial charge on any atom is -0.384 e. The zero-order chi connectivity index (χ0) is 13.8. The molecule has 0 radical (unpaired) electrons. The van der Waals surface area contributed by atoms with Crippen molar-refractivity contribution in [1.82, 2.24) is 4.90 Å². The molecular formula is C16H23NO2. The molecule has 1 aromatic carbocycles. The monoisotopic (exact) mass is 261 g/mol. The molecule has 0 aromatic heterocycles. The third-order valence-corrected chi connectivity index (χ3v) is 3.83. The molecule has 1 heterocycles. The summed E-state index contributed by atoms with van der Waals surface area (Å²) in [4.78, 5) is 14.6. The van der Waals surface area contributed by atoms with Crippen molar-refractivity contribution in [3.05, 3.63) is 34.9 Å². The van der Waals surface area contributed by atoms with Crippen molar-refractivity contribution in [2.75, 3.05) is 33.4 Å². The van der Waals surface area contributed by atoms with Gasteiger partial charge in [-0.2, -0.15) is 0 Å². The van der Waals surface area contributed by atoms with Gasteiger partial charge >= 0.3 is 0 Å². The van der Waals surface area contributed by atoms with Crippen LogP contribution < -0.4 is 0 Å². The van der Waals surface area contributed by atoms with Crippen LogP contribution >= 0.6 is 0 Å². The van der Waals surface area contributed by atoms with Gasteiger partial charge in [0.2, 0.25) is 0 Å². The second-order valence-corrected chi connectivity index (χ2v) is 5.59. The van der Waals surface area contributed by atoms with Gasteiger partial charge in [0.1, 0.15) is 0 Å². The Morgan fingerprint density at radius 2 is 2.21 bits per heavy atom. The van der Waals surface area contributed by atoms with Crippen molar-refractivity contribution in [3.8, 4) is 0 Å². The summed E-state index contributed by atoms with van der Waals surface area (Å²) in [5, 5.41) is 0. The number of benzene rings is 1. The highest BCUT2D eigenvalue weighted by molar-refractivity contribution is 5.99. The average Bonchev–Trinajstić information content (AvgIpc) is 2.80. The Hall–Kier alpha value is -1.19. The lowest BCUT2D eigenvalue weighted by Crippen LogP contribution is -2.28. The summed E-state index contributed by atoms with van der Waals surface area (Å²) in [6.07, 6.45) is 1.13. The number of nitrogens with zero attached hydrogens (tertiary/aromatic N) is 1. The van der Waals surface area contributed by atoms with Crippen LogP contribution in [0.25, 0.3) is 0 Å². The predicted octanol–water partition coefficient (Wildman–Crippen LogP) is 2.45. The highest BCUT2D eigenvalue weighted by Gasteiger charge is 2.24. The molecule has 1 aliphatic heterocycles. The van der Waals surface area contributed by atoms with E-state index in [9.17, 15) is 4.79 Å². The summed E-state index contributed by atoms with van der Waals surface area (Å²) < 4.78 is 5.19. The minimum atomic E-state index is 0.235. The largest absolute Gasteiger partial charge is 0.384 e. The van der Waals surface area contributed by atoms with Crippen LogP contribution in [0.2, 0.25) is 0 Å². The highest BCUT2D eigenvalue weighted by atomic mass is 16.5. The maximum Gasteiger partial charge on any atom is 0.177 e. The second-order valence-electron chi connectivity index (χ2n) is 5.59. The molecule has 1 aromatic rings. The van der Waals surface area contributed by atoms with E-state index in [0.29, 0.717) is 12.5 Å². The first-order valence-electron chi connectivity index (χ1n) is 6.92. The number of ketones is 1. The molecule has 0 amide bonds. The number of Topliss-reactive ketones (excluding diaryl/α,β-unsaturated/α-hetero) is 1. The molecule has 3 heteroatoms. The van der Waals surface area contributed by atoms with E-state index < -0.39 is 0 Å². The Kier molecular flexibility index (Phi) is 4.72. The van der Waals surface area contributed by atoms with Crippen molar-refractivity contribution < 1.29 is 9.53 Å². The summed E-state index contributed by atoms with van der Waals surface area (Å²) in [6, 6.07) is 6.08. The van der Waals surface area contributed by atoms with Crippen molar-refractivity contribution in [2.24, 2.45) is 5.92 Å². The minimum absolute atomic E-state index is 0.235. The summed E-state index contributed by atoms with van der Waals surface area (Å²) in [5.41, 5.74) is 3.09. The van der Waals surface area contributed by atoms with E-state index in [1.807, 2.05) is 26.0 Å². The van der Waals surface area contributed by atoms with E-state index in [1.54, 1.807) is 7.11 Å². The number of hydrogen-bond donors (Lipinski definition) is 0. The Morgan fingerprint density at radius 1 is 1.42 bits per heavy atom. The zero-order valence-electron chi connectivity index (χ0n) is 12.1. The number of likely N-dealkylation sites (tertiary alicyclic amines) is 1. The SMILES string of the molecule is COCC1CCN(CC(=O)c2cc(C)ccc2C)C1. The van der Waals surface area contributed by atoms with Gasteiger partial charge in [-0.25, -0.2) is 0 Å². The molecule has 0 spiro atoms. The lowest BCUT2D eigenvalue weighted by Gasteiger charge is -2.16. The maximum absolute atomic E-state index is 12.4. The highest BCUT2D eigenvalue weighted by Crippen LogP contribution is 2.18. The first-order chi connectivity index (χ1) is 9.10. The predicted molar refractivity (Wildman–Crippen MR) is 76.7 cm³/mol. The number of ether oxygens (including phenoxy) is 1. The molecule has 0 aliphatic carbocycles. The van der Waals surface area contributed by atoms with Gasteiger partial charge < -0.3 is 4.74 Å². The van der Waals surface area contributed by atoms with Gasteiger partial charge in [0.25, 0.3) is 0 Å². The van der Waals surface area contributed by atoms with Crippen LogP contribution in [0.3, 0.4) is 0 Å². The molecular weight excluding hydrogens is 238 g/mol. The van der Waals surface area contributed by atoms with Crippen LogP contribution in [0.5, 0.6) is 0 Å². The zero-order valence-corrected chi connectivity index (χ0v) is 12.1. The van der Waals surface area contributed by atoms with Gasteiger partial charge in [-0.3, -0.25) is 9.69 Å². The molecule has 1 saturated heterocycles. The Bertz CT molecular complexity index is 456. The maximum atomic E-state index is 12.4. The second kappa shape index (κ2) is 6.31. The molecule has 0 bridgehead atoms. The Balaban J connectivity index is 1.96. The van der Waals surface area contributed by atoms with Crippen LogP contribution in [-0.2, 0) is 4.74 Å². The van der Waals surface area contributed by atoms with Crippen molar-refractivity contribution in [1.29, 1.82) is 0 Å². The molecule has 3 nitrogen and oxygen atoms in total. The number of hydrogen-bond acceptors (Lipinski definition) is 3. The molecule has 0 saturated carbocycles. The van der Waals surface area contributed by atoms with Gasteiger partial charge in [-0.15, -0.1) is 0 Å². The third-order valence-electron chi connectivity index (χ3n) is 3.83. The molecule has 1 fully saturated rings. The number of methoxy groups -OCH3 is 1. The number of carbonyl (C=O) groups is 1. The summed E-state index contributed by atoms with van der Waals surface area (Å²) >= 11 is 0. The lowest BCUT2D eigenvalue weighted by atomic mass is 10.0. The van der Waals surface area contributed by atoms with Crippen molar-refractivity contribution >= 4 is 5.78 Å². The van der Waals surface area contributed by atoms with Gasteiger partial charge in [0.15, 0.2) is 5.78 Å². The number of aryl methyl sites for hydroxylation is 2. The van der Waals surface area contributed by atoms with E-state index in [-0.39, 0.29) is 5.78 Å². The first-order valence-corrected chi connectivity index (χ1v) is 6.92. The Labute approximate surface area is 115 Å². The average molecular weight is 261 g/mol. The molecule has 104 valence electrons. The molecule has 1 aliphatic rings. The quantitative estimate of drug-likeness (QED) is 0.763. The topological polar surface area (TPSA) is 29.5 Å². The van der Waals surface area contributed by atoms with Gasteiger partial charge in [0, 0.05) is 19.2 Å². The van der Waals surface area contributed by atoms with Crippen LogP contribution in [-0.4, -0.2) is 44.0 Å². The smallest absolute Gasteiger partial charge is 0.177 e. The fourth-order valence-electron chi connectivity index (χ4n) is 2.75. The van der Waals surface area contributed by atoms with Crippen molar-refractivity contribution in [2.45, 2.75) is 20.3 Å². The summed E-state index contributed by atoms with van der Waals surface area (Å²) in [6.45, 7) is 7.35. The van der Waals surface area contributed by atoms with Crippen LogP contribution in [0.15, 0.2) is 18.2 Å². The fraction of sp³-hybridized carbons (Fsp3) is 0.562. The van der Waals surface area contributed by atoms with E-state index in [2.05, 4.69) is 11.0 Å². The van der Waals surface area contributed by atoms with Crippen LogP contribution in [0.4, 0.5) is 0 Å². The number of rotatable bonds is 5. The Morgan fingerprint density at radius 3 is 2.95 bits per heavy atom. The van der Waals surface area contributed by atoms with E-state index in [0.717, 1.165) is 42.8 Å². The molecule has 2 rings (SSSR count). The molecule has 1 atom stereocenters. The first kappa shape index (κ1) is 14.2. The summed E-state index contributed by atoms with van der Waals surface area (Å²) in [7, 11) is 1.74. The lowest BCUT2D eigenvalue weighted by molar-refractivity contribution is 0.0936. The molecule has 1 unspecified atom stereocenters. The third kappa shape index (κ3) is 3.64. The van der Waals surface area contributed by atoms with Crippen LogP contribution in [0.1, 0.15) is 27.9 Å². The standard InChI is InChI=1S/C16H23NO2/c1-12-4-5-13(2)15(8-12)16(18)10-17-7-6-14(9-17)11-19-3/h4-5,8,14H,6-7,9-11H2,1-3H3. The van der Waals surface area contributed by atoms with Gasteiger partial charge in [0.05, 0.1) is 13.2 Å². The van der Waals surface area contributed by atoms with Crippen molar-refractivity contribution in [3.63, 3.8) is 0 Å². The van der Waals surface area contributed by atoms with E-state index in [4.69, 9.17) is 4.74 Å². The van der Waals surface area contributed by atoms with Gasteiger partial charge in [-0.05, 0) is 44.4 Å². The fourth-order valence-corrected chi connectivity index (χ4v) is 2.75. The normalized spacial score (nSPS) is 19.8. The molecule has 19 heavy (non-hydrogen) atoms. The summed E-state index contributed by atoms with van der Waals surface area (Å²) in [5.74, 6) is 0.815. The number of carbonyl (C=O) groups excluding carboxylic acids is 1. The van der Waals surface area contributed by atoms with E-state index in [1.165, 1.54) is 0 Å². The van der Waals surface area contributed by atoms with Gasteiger partial charge in [-0.1, -0.05) is 17.7 Å².